The SMILES string of the molecule is O=C(O)CCS(=O)(=O)c1ccc(C(=O)c2ccccc2)cc1. The topological polar surface area (TPSA) is 88.5 Å². The molecule has 6 heteroatoms. The van der Waals surface area contributed by atoms with Crippen molar-refractivity contribution >= 4 is 21.6 Å². The summed E-state index contributed by atoms with van der Waals surface area (Å²) in [6.45, 7) is 0. The van der Waals surface area contributed by atoms with Gasteiger partial charge in [-0.3, -0.25) is 9.59 Å². The van der Waals surface area contributed by atoms with Crippen LogP contribution in [0.15, 0.2) is 59.5 Å². The fourth-order valence-corrected chi connectivity index (χ4v) is 3.14. The Morgan fingerprint density at radius 1 is 0.864 bits per heavy atom. The largest absolute Gasteiger partial charge is 0.481 e. The van der Waals surface area contributed by atoms with Gasteiger partial charge in [0.2, 0.25) is 0 Å². The van der Waals surface area contributed by atoms with E-state index in [2.05, 4.69) is 0 Å². The predicted molar refractivity (Wildman–Crippen MR) is 80.6 cm³/mol. The van der Waals surface area contributed by atoms with Gasteiger partial charge in [-0.1, -0.05) is 30.3 Å². The highest BCUT2D eigenvalue weighted by Gasteiger charge is 2.17. The van der Waals surface area contributed by atoms with Crippen molar-refractivity contribution in [3.63, 3.8) is 0 Å². The number of carbonyl (C=O) groups is 2. The van der Waals surface area contributed by atoms with Gasteiger partial charge in [0.25, 0.3) is 0 Å². The van der Waals surface area contributed by atoms with E-state index in [1.54, 1.807) is 30.3 Å². The van der Waals surface area contributed by atoms with Gasteiger partial charge in [0.1, 0.15) is 0 Å². The van der Waals surface area contributed by atoms with Crippen LogP contribution in [0.25, 0.3) is 0 Å². The summed E-state index contributed by atoms with van der Waals surface area (Å²) in [6.07, 6.45) is -0.451. The summed E-state index contributed by atoms with van der Waals surface area (Å²) in [6, 6.07) is 14.2. The third kappa shape index (κ3) is 3.79. The highest BCUT2D eigenvalue weighted by Crippen LogP contribution is 2.16. The highest BCUT2D eigenvalue weighted by atomic mass is 32.2. The molecule has 2 aromatic carbocycles. The van der Waals surface area contributed by atoms with E-state index >= 15 is 0 Å². The maximum absolute atomic E-state index is 12.2. The second-order valence-corrected chi connectivity index (χ2v) is 6.79. The van der Waals surface area contributed by atoms with E-state index in [0.29, 0.717) is 11.1 Å². The van der Waals surface area contributed by atoms with E-state index in [4.69, 9.17) is 5.11 Å². The number of hydrogen-bond acceptors (Lipinski definition) is 4. The Kier molecular flexibility index (Phi) is 4.72. The number of carbonyl (C=O) groups excluding carboxylic acids is 1. The lowest BCUT2D eigenvalue weighted by Gasteiger charge is -2.05. The van der Waals surface area contributed by atoms with E-state index in [1.807, 2.05) is 0 Å². The first-order valence-corrected chi connectivity index (χ1v) is 8.20. The number of sulfone groups is 1. The van der Waals surface area contributed by atoms with Crippen molar-refractivity contribution < 1.29 is 23.1 Å². The molecule has 0 radical (unpaired) electrons. The van der Waals surface area contributed by atoms with Gasteiger partial charge in [0.05, 0.1) is 17.1 Å². The van der Waals surface area contributed by atoms with Gasteiger partial charge >= 0.3 is 5.97 Å². The molecule has 2 aromatic rings. The molecule has 0 fully saturated rings. The normalized spacial score (nSPS) is 11.1. The van der Waals surface area contributed by atoms with Crippen molar-refractivity contribution in [1.29, 1.82) is 0 Å². The van der Waals surface area contributed by atoms with Gasteiger partial charge in [-0.2, -0.15) is 0 Å². The average Bonchev–Trinajstić information content (AvgIpc) is 2.53. The molecule has 0 aliphatic heterocycles. The molecular formula is C16H14O5S. The molecule has 0 bridgehead atoms. The molecule has 2 rings (SSSR count). The number of carboxylic acids is 1. The Balaban J connectivity index is 2.20. The minimum absolute atomic E-state index is 0.0124. The Morgan fingerprint density at radius 2 is 1.41 bits per heavy atom. The highest BCUT2D eigenvalue weighted by molar-refractivity contribution is 7.91. The Bertz CT molecular complexity index is 777. The predicted octanol–water partition coefficient (Wildman–Crippen LogP) is 2.17. The lowest BCUT2D eigenvalue weighted by molar-refractivity contribution is -0.136. The van der Waals surface area contributed by atoms with Crippen LogP contribution < -0.4 is 0 Å². The zero-order valence-electron chi connectivity index (χ0n) is 11.6. The minimum Gasteiger partial charge on any atom is -0.481 e. The molecule has 0 aliphatic rings. The fourth-order valence-electron chi connectivity index (χ4n) is 1.91. The quantitative estimate of drug-likeness (QED) is 0.825. The number of carboxylic acid groups (broad SMARTS) is 1. The number of benzene rings is 2. The van der Waals surface area contributed by atoms with Crippen molar-refractivity contribution in [3.05, 3.63) is 65.7 Å². The lowest BCUT2D eigenvalue weighted by Crippen LogP contribution is -2.11. The van der Waals surface area contributed by atoms with Crippen LogP contribution in [0.1, 0.15) is 22.3 Å². The average molecular weight is 318 g/mol. The first-order chi connectivity index (χ1) is 10.4. The van der Waals surface area contributed by atoms with Crippen LogP contribution >= 0.6 is 0 Å². The zero-order valence-corrected chi connectivity index (χ0v) is 12.4. The molecule has 0 spiro atoms. The molecular weight excluding hydrogens is 304 g/mol. The monoisotopic (exact) mass is 318 g/mol. The van der Waals surface area contributed by atoms with E-state index in [9.17, 15) is 18.0 Å². The summed E-state index contributed by atoms with van der Waals surface area (Å²) in [5.74, 6) is -1.83. The van der Waals surface area contributed by atoms with E-state index in [0.717, 1.165) is 0 Å². The van der Waals surface area contributed by atoms with Crippen molar-refractivity contribution in [3.8, 4) is 0 Å². The van der Waals surface area contributed by atoms with Crippen LogP contribution in [0.5, 0.6) is 0 Å². The minimum atomic E-state index is -3.65. The van der Waals surface area contributed by atoms with Crippen molar-refractivity contribution in [2.75, 3.05) is 5.75 Å². The van der Waals surface area contributed by atoms with Gasteiger partial charge in [0, 0.05) is 11.1 Å². The van der Waals surface area contributed by atoms with Crippen molar-refractivity contribution in [1.82, 2.24) is 0 Å². The molecule has 5 nitrogen and oxygen atoms in total. The lowest BCUT2D eigenvalue weighted by atomic mass is 10.0. The van der Waals surface area contributed by atoms with Crippen molar-refractivity contribution in [2.24, 2.45) is 0 Å². The van der Waals surface area contributed by atoms with Crippen LogP contribution in [0.3, 0.4) is 0 Å². The molecule has 0 heterocycles. The van der Waals surface area contributed by atoms with Gasteiger partial charge in [0.15, 0.2) is 15.6 Å². The number of hydrogen-bond donors (Lipinski definition) is 1. The van der Waals surface area contributed by atoms with E-state index in [-0.39, 0.29) is 10.7 Å². The second-order valence-electron chi connectivity index (χ2n) is 4.68. The van der Waals surface area contributed by atoms with Crippen LogP contribution in [0, 0.1) is 0 Å². The van der Waals surface area contributed by atoms with Crippen LogP contribution in [-0.2, 0) is 14.6 Å². The summed E-state index contributed by atoms with van der Waals surface area (Å²) < 4.78 is 23.9. The van der Waals surface area contributed by atoms with Gasteiger partial charge in [-0.25, -0.2) is 8.42 Å². The number of ketones is 1. The maximum atomic E-state index is 12.2. The molecule has 0 saturated heterocycles. The Labute approximate surface area is 128 Å². The molecule has 0 unspecified atom stereocenters. The van der Waals surface area contributed by atoms with Crippen molar-refractivity contribution in [2.45, 2.75) is 11.3 Å². The van der Waals surface area contributed by atoms with Gasteiger partial charge in [-0.15, -0.1) is 0 Å². The van der Waals surface area contributed by atoms with Crippen LogP contribution in [0.4, 0.5) is 0 Å². The standard InChI is InChI=1S/C16H14O5S/c17-15(18)10-11-22(20,21)14-8-6-13(7-9-14)16(19)12-4-2-1-3-5-12/h1-9H,10-11H2,(H,17,18). The molecule has 0 amide bonds. The van der Waals surface area contributed by atoms with Gasteiger partial charge < -0.3 is 5.11 Å². The second kappa shape index (κ2) is 6.53. The molecule has 0 saturated carbocycles. The maximum Gasteiger partial charge on any atom is 0.304 e. The third-order valence-electron chi connectivity index (χ3n) is 3.10. The first kappa shape index (κ1) is 15.9. The third-order valence-corrected chi connectivity index (χ3v) is 4.83. The molecule has 1 N–H and O–H groups in total. The number of rotatable bonds is 6. The summed E-state index contributed by atoms with van der Waals surface area (Å²) in [5.41, 5.74) is 0.896. The Hall–Kier alpha value is -2.47. The summed E-state index contributed by atoms with van der Waals surface area (Å²) in [5, 5.41) is 8.56. The summed E-state index contributed by atoms with van der Waals surface area (Å²) >= 11 is 0. The molecule has 0 aromatic heterocycles. The first-order valence-electron chi connectivity index (χ1n) is 6.54. The molecule has 114 valence electrons. The molecule has 0 aliphatic carbocycles. The molecule has 22 heavy (non-hydrogen) atoms. The van der Waals surface area contributed by atoms with E-state index < -0.39 is 28.0 Å². The summed E-state index contributed by atoms with van der Waals surface area (Å²) in [7, 11) is -3.65. The van der Waals surface area contributed by atoms with Crippen LogP contribution in [0.2, 0.25) is 0 Å². The smallest absolute Gasteiger partial charge is 0.304 e. The Morgan fingerprint density at radius 3 is 1.95 bits per heavy atom. The van der Waals surface area contributed by atoms with Gasteiger partial charge in [-0.05, 0) is 24.3 Å². The number of aliphatic carboxylic acids is 1. The molecule has 0 atom stereocenters. The zero-order chi connectivity index (χ0) is 16.2. The fraction of sp³-hybridized carbons (Fsp3) is 0.125. The summed E-state index contributed by atoms with van der Waals surface area (Å²) in [4.78, 5) is 22.7. The van der Waals surface area contributed by atoms with Crippen LogP contribution in [-0.4, -0.2) is 31.0 Å². The van der Waals surface area contributed by atoms with E-state index in [1.165, 1.54) is 24.3 Å².